The van der Waals surface area contributed by atoms with Crippen molar-refractivity contribution in [2.24, 2.45) is 0 Å². The second-order valence-electron chi connectivity index (χ2n) is 6.18. The second kappa shape index (κ2) is 6.43. The average molecular weight is 349 g/mol. The number of nitrogens with zero attached hydrogens (tertiary/aromatic N) is 1. The van der Waals surface area contributed by atoms with Gasteiger partial charge in [0, 0.05) is 11.7 Å². The number of carbonyl (C=O) groups is 1. The summed E-state index contributed by atoms with van der Waals surface area (Å²) in [6, 6.07) is 12.2. The van der Waals surface area contributed by atoms with Crippen LogP contribution in [0.1, 0.15) is 25.0 Å². The highest BCUT2D eigenvalue weighted by molar-refractivity contribution is 5.99. The molecule has 2 aromatic rings. The van der Waals surface area contributed by atoms with E-state index >= 15 is 0 Å². The van der Waals surface area contributed by atoms with Crippen LogP contribution < -0.4 is 9.64 Å². The molecule has 0 saturated heterocycles. The van der Waals surface area contributed by atoms with Crippen LogP contribution in [0.3, 0.4) is 0 Å². The number of para-hydroxylation sites is 1. The van der Waals surface area contributed by atoms with Crippen molar-refractivity contribution in [1.29, 1.82) is 0 Å². The highest BCUT2D eigenvalue weighted by atomic mass is 19.4. The summed E-state index contributed by atoms with van der Waals surface area (Å²) < 4.78 is 43.9. The lowest BCUT2D eigenvalue weighted by atomic mass is 10.1. The van der Waals surface area contributed by atoms with Gasteiger partial charge in [-0.15, -0.1) is 0 Å². The quantitative estimate of drug-likeness (QED) is 0.819. The van der Waals surface area contributed by atoms with Crippen molar-refractivity contribution in [3.8, 4) is 5.75 Å². The SMILES string of the molecule is C[C@@H]1Cc2ccccc2N1C(=O)[C@@H](C)Oc1cccc(C(F)(F)F)c1. The molecule has 1 heterocycles. The van der Waals surface area contributed by atoms with Crippen molar-refractivity contribution in [2.75, 3.05) is 4.90 Å². The van der Waals surface area contributed by atoms with E-state index in [1.807, 2.05) is 31.2 Å². The summed E-state index contributed by atoms with van der Waals surface area (Å²) in [5.41, 5.74) is 1.11. The lowest BCUT2D eigenvalue weighted by Crippen LogP contribution is -2.43. The molecule has 1 amide bonds. The highest BCUT2D eigenvalue weighted by Crippen LogP contribution is 2.34. The fourth-order valence-electron chi connectivity index (χ4n) is 3.10. The molecule has 0 spiro atoms. The topological polar surface area (TPSA) is 29.5 Å². The fourth-order valence-corrected chi connectivity index (χ4v) is 3.10. The van der Waals surface area contributed by atoms with Crippen LogP contribution >= 0.6 is 0 Å². The monoisotopic (exact) mass is 349 g/mol. The summed E-state index contributed by atoms with van der Waals surface area (Å²) in [4.78, 5) is 14.4. The number of fused-ring (bicyclic) bond motifs is 1. The molecular weight excluding hydrogens is 331 g/mol. The third kappa shape index (κ3) is 3.48. The summed E-state index contributed by atoms with van der Waals surface area (Å²) >= 11 is 0. The van der Waals surface area contributed by atoms with Gasteiger partial charge in [0.05, 0.1) is 5.56 Å². The molecular formula is C19H18F3NO2. The molecule has 0 saturated carbocycles. The zero-order chi connectivity index (χ0) is 18.2. The van der Waals surface area contributed by atoms with Crippen LogP contribution in [0.15, 0.2) is 48.5 Å². The first-order valence-corrected chi connectivity index (χ1v) is 8.02. The van der Waals surface area contributed by atoms with Gasteiger partial charge >= 0.3 is 6.18 Å². The van der Waals surface area contributed by atoms with Crippen molar-refractivity contribution in [3.05, 3.63) is 59.7 Å². The van der Waals surface area contributed by atoms with Gasteiger partial charge in [0.25, 0.3) is 5.91 Å². The summed E-state index contributed by atoms with van der Waals surface area (Å²) in [6.07, 6.45) is -4.59. The van der Waals surface area contributed by atoms with Crippen LogP contribution in [0, 0.1) is 0 Å². The van der Waals surface area contributed by atoms with Gasteiger partial charge < -0.3 is 9.64 Å². The third-order valence-electron chi connectivity index (χ3n) is 4.27. The number of hydrogen-bond donors (Lipinski definition) is 0. The summed E-state index contributed by atoms with van der Waals surface area (Å²) in [5, 5.41) is 0. The largest absolute Gasteiger partial charge is 0.481 e. The first-order valence-electron chi connectivity index (χ1n) is 8.02. The molecule has 1 aliphatic rings. The molecule has 3 rings (SSSR count). The van der Waals surface area contributed by atoms with E-state index in [-0.39, 0.29) is 17.7 Å². The lowest BCUT2D eigenvalue weighted by Gasteiger charge is -2.26. The molecule has 25 heavy (non-hydrogen) atoms. The van der Waals surface area contributed by atoms with E-state index in [9.17, 15) is 18.0 Å². The zero-order valence-electron chi connectivity index (χ0n) is 13.9. The first kappa shape index (κ1) is 17.3. The van der Waals surface area contributed by atoms with Gasteiger partial charge in [-0.3, -0.25) is 4.79 Å². The van der Waals surface area contributed by atoms with Crippen LogP contribution in [-0.4, -0.2) is 18.1 Å². The number of benzene rings is 2. The van der Waals surface area contributed by atoms with Crippen LogP contribution in [0.4, 0.5) is 18.9 Å². The number of ether oxygens (including phenoxy) is 1. The normalized spacial score (nSPS) is 18.0. The van der Waals surface area contributed by atoms with Crippen LogP contribution in [-0.2, 0) is 17.4 Å². The molecule has 0 unspecified atom stereocenters. The molecule has 6 heteroatoms. The van der Waals surface area contributed by atoms with Gasteiger partial charge in [0.1, 0.15) is 5.75 Å². The first-order chi connectivity index (χ1) is 11.8. The lowest BCUT2D eigenvalue weighted by molar-refractivity contribution is -0.137. The van der Waals surface area contributed by atoms with Gasteiger partial charge in [-0.25, -0.2) is 0 Å². The van der Waals surface area contributed by atoms with Crippen molar-refractivity contribution >= 4 is 11.6 Å². The van der Waals surface area contributed by atoms with Gasteiger partial charge in [-0.1, -0.05) is 24.3 Å². The van der Waals surface area contributed by atoms with Gasteiger partial charge in [-0.2, -0.15) is 13.2 Å². The smallest absolute Gasteiger partial charge is 0.416 e. The van der Waals surface area contributed by atoms with E-state index in [1.165, 1.54) is 12.1 Å². The number of alkyl halides is 3. The predicted octanol–water partition coefficient (Wildman–Crippen LogP) is 4.45. The van der Waals surface area contributed by atoms with Gasteiger partial charge in [-0.05, 0) is 50.1 Å². The Balaban J connectivity index is 1.78. The van der Waals surface area contributed by atoms with Crippen LogP contribution in [0.5, 0.6) is 5.75 Å². The molecule has 1 aliphatic heterocycles. The Kier molecular flexibility index (Phi) is 4.45. The minimum atomic E-state index is -4.45. The van der Waals surface area contributed by atoms with Crippen molar-refractivity contribution in [2.45, 2.75) is 38.6 Å². The van der Waals surface area contributed by atoms with Gasteiger partial charge in [0.15, 0.2) is 6.10 Å². The average Bonchev–Trinajstić information content (AvgIpc) is 2.89. The fraction of sp³-hybridized carbons (Fsp3) is 0.316. The third-order valence-corrected chi connectivity index (χ3v) is 4.27. The number of carbonyl (C=O) groups excluding carboxylic acids is 1. The van der Waals surface area contributed by atoms with Crippen molar-refractivity contribution in [3.63, 3.8) is 0 Å². The van der Waals surface area contributed by atoms with Crippen LogP contribution in [0.25, 0.3) is 0 Å². The Morgan fingerprint density at radius 2 is 1.92 bits per heavy atom. The van der Waals surface area contributed by atoms with E-state index in [1.54, 1.807) is 11.8 Å². The number of hydrogen-bond acceptors (Lipinski definition) is 2. The molecule has 0 aromatic heterocycles. The van der Waals surface area contributed by atoms with Crippen molar-refractivity contribution < 1.29 is 22.7 Å². The minimum absolute atomic E-state index is 0.0162. The van der Waals surface area contributed by atoms with E-state index in [0.29, 0.717) is 0 Å². The molecule has 0 fully saturated rings. The Bertz CT molecular complexity index is 788. The van der Waals surface area contributed by atoms with E-state index in [0.717, 1.165) is 29.8 Å². The Morgan fingerprint density at radius 3 is 2.64 bits per heavy atom. The van der Waals surface area contributed by atoms with E-state index < -0.39 is 17.8 Å². The zero-order valence-corrected chi connectivity index (χ0v) is 13.9. The minimum Gasteiger partial charge on any atom is -0.481 e. The number of amides is 1. The Morgan fingerprint density at radius 1 is 1.20 bits per heavy atom. The maximum atomic E-state index is 12.8. The molecule has 132 valence electrons. The van der Waals surface area contributed by atoms with Crippen molar-refractivity contribution in [1.82, 2.24) is 0 Å². The molecule has 0 radical (unpaired) electrons. The summed E-state index contributed by atoms with van der Waals surface area (Å²) in [7, 11) is 0. The Hall–Kier alpha value is -2.50. The Labute approximate surface area is 144 Å². The molecule has 2 atom stereocenters. The number of anilines is 1. The molecule has 0 aliphatic carbocycles. The maximum Gasteiger partial charge on any atom is 0.416 e. The standard InChI is InChI=1S/C19H18F3NO2/c1-12-10-14-6-3-4-9-17(14)23(12)18(24)13(2)25-16-8-5-7-15(11-16)19(20,21)22/h3-9,11-13H,10H2,1-2H3/t12-,13-/m1/s1. The molecule has 2 aromatic carbocycles. The molecule has 0 N–H and O–H groups in total. The summed E-state index contributed by atoms with van der Waals surface area (Å²) in [6.45, 7) is 3.49. The molecule has 0 bridgehead atoms. The number of rotatable bonds is 3. The predicted molar refractivity (Wildman–Crippen MR) is 88.6 cm³/mol. The van der Waals surface area contributed by atoms with E-state index in [4.69, 9.17) is 4.74 Å². The van der Waals surface area contributed by atoms with Crippen LogP contribution in [0.2, 0.25) is 0 Å². The summed E-state index contributed by atoms with van der Waals surface area (Å²) in [5.74, 6) is -0.245. The van der Waals surface area contributed by atoms with E-state index in [2.05, 4.69) is 0 Å². The maximum absolute atomic E-state index is 12.8. The second-order valence-corrected chi connectivity index (χ2v) is 6.18. The number of halogens is 3. The molecule has 3 nitrogen and oxygen atoms in total. The van der Waals surface area contributed by atoms with Gasteiger partial charge in [0.2, 0.25) is 0 Å². The highest BCUT2D eigenvalue weighted by Gasteiger charge is 2.34.